The summed E-state index contributed by atoms with van der Waals surface area (Å²) in [7, 11) is 0. The van der Waals surface area contributed by atoms with E-state index in [1.165, 1.54) is 83.5 Å². The highest BCUT2D eigenvalue weighted by Gasteiger charge is 2.21. The molecule has 100 valence electrons. The van der Waals surface area contributed by atoms with Crippen molar-refractivity contribution in [1.29, 1.82) is 0 Å². The van der Waals surface area contributed by atoms with Gasteiger partial charge in [0.1, 0.15) is 0 Å². The Kier molecular flexibility index (Phi) is 5.84. The van der Waals surface area contributed by atoms with Crippen molar-refractivity contribution < 1.29 is 0 Å². The third-order valence-corrected chi connectivity index (χ3v) is 5.14. The maximum absolute atomic E-state index is 6.44. The highest BCUT2D eigenvalue weighted by atomic mass is 14.6. The van der Waals surface area contributed by atoms with E-state index in [0.29, 0.717) is 6.04 Å². The van der Waals surface area contributed by atoms with E-state index < -0.39 is 0 Å². The summed E-state index contributed by atoms with van der Waals surface area (Å²) in [6.45, 7) is 0. The second-order valence-electron chi connectivity index (χ2n) is 6.50. The number of rotatable bonds is 4. The summed E-state index contributed by atoms with van der Waals surface area (Å²) in [5.41, 5.74) is 6.44. The van der Waals surface area contributed by atoms with Gasteiger partial charge >= 0.3 is 0 Å². The lowest BCUT2D eigenvalue weighted by atomic mass is 9.82. The minimum atomic E-state index is 0.509. The van der Waals surface area contributed by atoms with Crippen molar-refractivity contribution in [3.05, 3.63) is 0 Å². The van der Waals surface area contributed by atoms with Crippen molar-refractivity contribution in [3.63, 3.8) is 0 Å². The van der Waals surface area contributed by atoms with Gasteiger partial charge in [0.25, 0.3) is 0 Å². The Morgan fingerprint density at radius 2 is 1.29 bits per heavy atom. The summed E-state index contributed by atoms with van der Waals surface area (Å²) in [4.78, 5) is 0. The SMILES string of the molecule is NC(CCC1CCCCC1)C1CCCCCC1. The molecule has 0 aliphatic heterocycles. The first-order valence-electron chi connectivity index (χ1n) is 8.12. The molecular weight excluding hydrogens is 206 g/mol. The van der Waals surface area contributed by atoms with Gasteiger partial charge in [-0.05, 0) is 37.5 Å². The van der Waals surface area contributed by atoms with Gasteiger partial charge < -0.3 is 5.73 Å². The van der Waals surface area contributed by atoms with Crippen molar-refractivity contribution in [3.8, 4) is 0 Å². The van der Waals surface area contributed by atoms with Crippen LogP contribution < -0.4 is 5.73 Å². The molecule has 2 rings (SSSR count). The lowest BCUT2D eigenvalue weighted by Gasteiger charge is -2.26. The smallest absolute Gasteiger partial charge is 0.00672 e. The summed E-state index contributed by atoms with van der Waals surface area (Å²) in [6, 6.07) is 0.509. The summed E-state index contributed by atoms with van der Waals surface area (Å²) in [6.07, 6.45) is 18.7. The maximum atomic E-state index is 6.44. The van der Waals surface area contributed by atoms with Gasteiger partial charge in [-0.3, -0.25) is 0 Å². The fourth-order valence-corrected chi connectivity index (χ4v) is 3.88. The second-order valence-corrected chi connectivity index (χ2v) is 6.50. The van der Waals surface area contributed by atoms with Crippen LogP contribution >= 0.6 is 0 Å². The molecule has 1 unspecified atom stereocenters. The average molecular weight is 237 g/mol. The molecule has 0 aromatic heterocycles. The first kappa shape index (κ1) is 13.4. The second kappa shape index (κ2) is 7.41. The monoisotopic (exact) mass is 237 g/mol. The standard InChI is InChI=1S/C16H31N/c17-16(15-10-6-1-2-7-11-15)13-12-14-8-4-3-5-9-14/h14-16H,1-13,17H2. The van der Waals surface area contributed by atoms with Gasteiger partial charge in [0.2, 0.25) is 0 Å². The zero-order valence-electron chi connectivity index (χ0n) is 11.5. The van der Waals surface area contributed by atoms with Gasteiger partial charge in [0.15, 0.2) is 0 Å². The van der Waals surface area contributed by atoms with Crippen molar-refractivity contribution >= 4 is 0 Å². The predicted molar refractivity (Wildman–Crippen MR) is 75.0 cm³/mol. The molecule has 0 radical (unpaired) electrons. The molecule has 0 aromatic rings. The van der Waals surface area contributed by atoms with E-state index in [-0.39, 0.29) is 0 Å². The third-order valence-electron chi connectivity index (χ3n) is 5.14. The van der Waals surface area contributed by atoms with Crippen molar-refractivity contribution in [2.45, 2.75) is 89.5 Å². The Morgan fingerprint density at radius 3 is 1.94 bits per heavy atom. The topological polar surface area (TPSA) is 26.0 Å². The number of hydrogen-bond acceptors (Lipinski definition) is 1. The molecule has 2 saturated carbocycles. The van der Waals surface area contributed by atoms with Gasteiger partial charge in [-0.1, -0.05) is 57.8 Å². The van der Waals surface area contributed by atoms with E-state index in [2.05, 4.69) is 0 Å². The summed E-state index contributed by atoms with van der Waals surface area (Å²) >= 11 is 0. The van der Waals surface area contributed by atoms with Crippen LogP contribution in [0.5, 0.6) is 0 Å². The summed E-state index contributed by atoms with van der Waals surface area (Å²) in [5, 5.41) is 0. The maximum Gasteiger partial charge on any atom is 0.00672 e. The van der Waals surface area contributed by atoms with Crippen LogP contribution in [0.3, 0.4) is 0 Å². The largest absolute Gasteiger partial charge is 0.327 e. The van der Waals surface area contributed by atoms with E-state index in [9.17, 15) is 0 Å². The number of nitrogens with two attached hydrogens (primary N) is 1. The Balaban J connectivity index is 1.66. The molecule has 2 aliphatic rings. The fourth-order valence-electron chi connectivity index (χ4n) is 3.88. The molecule has 0 amide bonds. The normalized spacial score (nSPS) is 26.6. The lowest BCUT2D eigenvalue weighted by Crippen LogP contribution is -2.30. The molecule has 2 fully saturated rings. The summed E-state index contributed by atoms with van der Waals surface area (Å²) < 4.78 is 0. The molecule has 0 spiro atoms. The van der Waals surface area contributed by atoms with Crippen LogP contribution in [0.4, 0.5) is 0 Å². The third kappa shape index (κ3) is 4.62. The van der Waals surface area contributed by atoms with E-state index in [1.807, 2.05) is 0 Å². The van der Waals surface area contributed by atoms with Gasteiger partial charge in [-0.15, -0.1) is 0 Å². The Hall–Kier alpha value is -0.0400. The molecule has 1 heteroatoms. The van der Waals surface area contributed by atoms with Crippen molar-refractivity contribution in [2.24, 2.45) is 17.6 Å². The molecule has 2 aliphatic carbocycles. The summed E-state index contributed by atoms with van der Waals surface area (Å²) in [5.74, 6) is 1.86. The van der Waals surface area contributed by atoms with Crippen LogP contribution in [0.1, 0.15) is 83.5 Å². The quantitative estimate of drug-likeness (QED) is 0.708. The molecule has 0 saturated heterocycles. The molecule has 0 heterocycles. The first-order chi connectivity index (χ1) is 8.36. The van der Waals surface area contributed by atoms with E-state index in [0.717, 1.165) is 11.8 Å². The Bertz CT molecular complexity index is 188. The van der Waals surface area contributed by atoms with Gasteiger partial charge in [0, 0.05) is 6.04 Å². The molecule has 0 aromatic carbocycles. The van der Waals surface area contributed by atoms with E-state index >= 15 is 0 Å². The van der Waals surface area contributed by atoms with Gasteiger partial charge in [0.05, 0.1) is 0 Å². The molecule has 17 heavy (non-hydrogen) atoms. The molecule has 1 atom stereocenters. The number of hydrogen-bond donors (Lipinski definition) is 1. The molecule has 0 bridgehead atoms. The van der Waals surface area contributed by atoms with Crippen LogP contribution in [0.2, 0.25) is 0 Å². The van der Waals surface area contributed by atoms with Gasteiger partial charge in [-0.2, -0.15) is 0 Å². The van der Waals surface area contributed by atoms with E-state index in [1.54, 1.807) is 0 Å². The van der Waals surface area contributed by atoms with Gasteiger partial charge in [-0.25, -0.2) is 0 Å². The van der Waals surface area contributed by atoms with Crippen LogP contribution in [0.15, 0.2) is 0 Å². The van der Waals surface area contributed by atoms with Crippen molar-refractivity contribution in [2.75, 3.05) is 0 Å². The first-order valence-corrected chi connectivity index (χ1v) is 8.12. The predicted octanol–water partition coefficient (Wildman–Crippen LogP) is 4.64. The molecule has 1 nitrogen and oxygen atoms in total. The van der Waals surface area contributed by atoms with Crippen LogP contribution in [-0.4, -0.2) is 6.04 Å². The zero-order chi connectivity index (χ0) is 11.9. The molecular formula is C16H31N. The average Bonchev–Trinajstić information content (AvgIpc) is 2.66. The van der Waals surface area contributed by atoms with Crippen LogP contribution in [0.25, 0.3) is 0 Å². The lowest BCUT2D eigenvalue weighted by molar-refractivity contribution is 0.290. The van der Waals surface area contributed by atoms with Crippen LogP contribution in [0, 0.1) is 11.8 Å². The zero-order valence-corrected chi connectivity index (χ0v) is 11.5. The van der Waals surface area contributed by atoms with Crippen LogP contribution in [-0.2, 0) is 0 Å². The Morgan fingerprint density at radius 1 is 0.765 bits per heavy atom. The molecule has 2 N–H and O–H groups in total. The van der Waals surface area contributed by atoms with Crippen molar-refractivity contribution in [1.82, 2.24) is 0 Å². The van der Waals surface area contributed by atoms with E-state index in [4.69, 9.17) is 5.73 Å². The Labute approximate surface area is 108 Å². The highest BCUT2D eigenvalue weighted by Crippen LogP contribution is 2.31. The fraction of sp³-hybridized carbons (Fsp3) is 1.00. The highest BCUT2D eigenvalue weighted by molar-refractivity contribution is 4.77. The minimum absolute atomic E-state index is 0.509. The minimum Gasteiger partial charge on any atom is -0.327 e.